The minimum Gasteiger partial charge on any atom is -0.441 e. The van der Waals surface area contributed by atoms with Crippen LogP contribution in [0.5, 0.6) is 0 Å². The molecule has 0 bridgehead atoms. The largest absolute Gasteiger partial charge is 0.441 e. The highest BCUT2D eigenvalue weighted by Crippen LogP contribution is 2.26. The standard InChI is InChI=1S/C14H16BrFN2O/c1-9(2)17-6-5-14-18-8-13(19-14)11-7-10(15)3-4-12(11)16/h3-4,7-9,17H,5-6H2,1-2H3. The van der Waals surface area contributed by atoms with Crippen molar-refractivity contribution in [2.24, 2.45) is 0 Å². The van der Waals surface area contributed by atoms with Crippen molar-refractivity contribution in [2.75, 3.05) is 6.54 Å². The maximum atomic E-state index is 13.7. The molecule has 0 unspecified atom stereocenters. The molecule has 0 aliphatic carbocycles. The fraction of sp³-hybridized carbons (Fsp3) is 0.357. The predicted octanol–water partition coefficient (Wildman–Crippen LogP) is 3.78. The van der Waals surface area contributed by atoms with Crippen molar-refractivity contribution < 1.29 is 8.81 Å². The topological polar surface area (TPSA) is 38.1 Å². The van der Waals surface area contributed by atoms with E-state index in [9.17, 15) is 4.39 Å². The number of halogens is 2. The first kappa shape index (κ1) is 14.2. The van der Waals surface area contributed by atoms with Gasteiger partial charge in [0, 0.05) is 23.5 Å². The van der Waals surface area contributed by atoms with Gasteiger partial charge in [0.15, 0.2) is 11.7 Å². The molecule has 1 N–H and O–H groups in total. The van der Waals surface area contributed by atoms with Crippen molar-refractivity contribution in [2.45, 2.75) is 26.3 Å². The highest BCUT2D eigenvalue weighted by atomic mass is 79.9. The van der Waals surface area contributed by atoms with Gasteiger partial charge in [0.05, 0.1) is 11.8 Å². The summed E-state index contributed by atoms with van der Waals surface area (Å²) in [5, 5.41) is 3.28. The zero-order chi connectivity index (χ0) is 13.8. The Morgan fingerprint density at radius 3 is 2.95 bits per heavy atom. The lowest BCUT2D eigenvalue weighted by atomic mass is 10.2. The van der Waals surface area contributed by atoms with Crippen molar-refractivity contribution in [1.82, 2.24) is 10.3 Å². The fourth-order valence-electron chi connectivity index (χ4n) is 1.70. The van der Waals surface area contributed by atoms with Crippen molar-refractivity contribution in [3.8, 4) is 11.3 Å². The van der Waals surface area contributed by atoms with Crippen LogP contribution in [0.2, 0.25) is 0 Å². The number of nitrogens with zero attached hydrogens (tertiary/aromatic N) is 1. The number of benzene rings is 1. The molecule has 1 heterocycles. The number of oxazole rings is 1. The third-order valence-corrected chi connectivity index (χ3v) is 3.13. The third kappa shape index (κ3) is 3.88. The van der Waals surface area contributed by atoms with Gasteiger partial charge in [-0.1, -0.05) is 29.8 Å². The maximum Gasteiger partial charge on any atom is 0.196 e. The molecular formula is C14H16BrFN2O. The number of aromatic nitrogens is 1. The molecule has 0 spiro atoms. The van der Waals surface area contributed by atoms with Crippen LogP contribution in [-0.2, 0) is 6.42 Å². The smallest absolute Gasteiger partial charge is 0.196 e. The molecule has 0 atom stereocenters. The molecular weight excluding hydrogens is 311 g/mol. The fourth-order valence-corrected chi connectivity index (χ4v) is 2.07. The van der Waals surface area contributed by atoms with E-state index in [2.05, 4.69) is 40.1 Å². The summed E-state index contributed by atoms with van der Waals surface area (Å²) in [4.78, 5) is 4.17. The Morgan fingerprint density at radius 2 is 2.21 bits per heavy atom. The molecule has 0 saturated heterocycles. The highest BCUT2D eigenvalue weighted by Gasteiger charge is 2.11. The first-order valence-corrected chi connectivity index (χ1v) is 6.99. The molecule has 0 fully saturated rings. The van der Waals surface area contributed by atoms with Crippen LogP contribution >= 0.6 is 15.9 Å². The van der Waals surface area contributed by atoms with Gasteiger partial charge >= 0.3 is 0 Å². The number of hydrogen-bond donors (Lipinski definition) is 1. The van der Waals surface area contributed by atoms with E-state index in [4.69, 9.17) is 4.42 Å². The maximum absolute atomic E-state index is 13.7. The molecule has 0 radical (unpaired) electrons. The second kappa shape index (κ2) is 6.30. The Morgan fingerprint density at radius 1 is 1.42 bits per heavy atom. The summed E-state index contributed by atoms with van der Waals surface area (Å²) in [6.07, 6.45) is 2.25. The average Bonchev–Trinajstić information content (AvgIpc) is 2.80. The lowest BCUT2D eigenvalue weighted by Gasteiger charge is -2.05. The van der Waals surface area contributed by atoms with Crippen LogP contribution in [-0.4, -0.2) is 17.6 Å². The van der Waals surface area contributed by atoms with E-state index in [-0.39, 0.29) is 5.82 Å². The summed E-state index contributed by atoms with van der Waals surface area (Å²) in [5.41, 5.74) is 0.421. The van der Waals surface area contributed by atoms with Crippen LogP contribution in [0.25, 0.3) is 11.3 Å². The van der Waals surface area contributed by atoms with E-state index in [1.807, 2.05) is 0 Å². The van der Waals surface area contributed by atoms with E-state index >= 15 is 0 Å². The van der Waals surface area contributed by atoms with Gasteiger partial charge in [-0.25, -0.2) is 9.37 Å². The number of rotatable bonds is 5. The van der Waals surface area contributed by atoms with Crippen LogP contribution in [0.15, 0.2) is 33.3 Å². The van der Waals surface area contributed by atoms with Crippen LogP contribution in [0.4, 0.5) is 4.39 Å². The van der Waals surface area contributed by atoms with Gasteiger partial charge in [0.2, 0.25) is 0 Å². The minimum atomic E-state index is -0.314. The lowest BCUT2D eigenvalue weighted by Crippen LogP contribution is -2.24. The van der Waals surface area contributed by atoms with Gasteiger partial charge in [0.1, 0.15) is 5.82 Å². The molecule has 0 aliphatic rings. The van der Waals surface area contributed by atoms with E-state index in [0.29, 0.717) is 29.7 Å². The summed E-state index contributed by atoms with van der Waals surface area (Å²) in [6.45, 7) is 4.95. The van der Waals surface area contributed by atoms with Crippen LogP contribution in [0.3, 0.4) is 0 Å². The first-order valence-electron chi connectivity index (χ1n) is 6.20. The van der Waals surface area contributed by atoms with E-state index < -0.39 is 0 Å². The van der Waals surface area contributed by atoms with E-state index in [1.165, 1.54) is 6.07 Å². The molecule has 2 aromatic rings. The molecule has 5 heteroatoms. The summed E-state index contributed by atoms with van der Waals surface area (Å²) in [6, 6.07) is 5.17. The molecule has 3 nitrogen and oxygen atoms in total. The van der Waals surface area contributed by atoms with Crippen LogP contribution in [0.1, 0.15) is 19.7 Å². The molecule has 0 aliphatic heterocycles. The summed E-state index contributed by atoms with van der Waals surface area (Å²) in [5.74, 6) is 0.757. The molecule has 2 rings (SSSR count). The van der Waals surface area contributed by atoms with Gasteiger partial charge in [-0.2, -0.15) is 0 Å². The summed E-state index contributed by atoms with van der Waals surface area (Å²) >= 11 is 3.32. The lowest BCUT2D eigenvalue weighted by molar-refractivity contribution is 0.482. The second-order valence-corrected chi connectivity index (χ2v) is 5.52. The van der Waals surface area contributed by atoms with Crippen molar-refractivity contribution in [1.29, 1.82) is 0 Å². The molecule has 1 aromatic heterocycles. The predicted molar refractivity (Wildman–Crippen MR) is 76.4 cm³/mol. The van der Waals surface area contributed by atoms with Gasteiger partial charge in [-0.3, -0.25) is 0 Å². The number of hydrogen-bond acceptors (Lipinski definition) is 3. The Labute approximate surface area is 120 Å². The van der Waals surface area contributed by atoms with Gasteiger partial charge < -0.3 is 9.73 Å². The Kier molecular flexibility index (Phi) is 4.71. The Bertz CT molecular complexity index is 554. The first-order chi connectivity index (χ1) is 9.06. The monoisotopic (exact) mass is 326 g/mol. The van der Waals surface area contributed by atoms with Gasteiger partial charge in [0.25, 0.3) is 0 Å². The zero-order valence-electron chi connectivity index (χ0n) is 10.9. The van der Waals surface area contributed by atoms with Gasteiger partial charge in [-0.15, -0.1) is 0 Å². The van der Waals surface area contributed by atoms with Crippen molar-refractivity contribution >= 4 is 15.9 Å². The van der Waals surface area contributed by atoms with Crippen molar-refractivity contribution in [3.63, 3.8) is 0 Å². The Balaban J connectivity index is 2.10. The highest BCUT2D eigenvalue weighted by molar-refractivity contribution is 9.10. The zero-order valence-corrected chi connectivity index (χ0v) is 12.5. The van der Waals surface area contributed by atoms with E-state index in [0.717, 1.165) is 11.0 Å². The van der Waals surface area contributed by atoms with E-state index in [1.54, 1.807) is 18.3 Å². The third-order valence-electron chi connectivity index (χ3n) is 2.64. The molecule has 0 saturated carbocycles. The molecule has 102 valence electrons. The number of nitrogens with one attached hydrogen (secondary N) is 1. The summed E-state index contributed by atoms with van der Waals surface area (Å²) in [7, 11) is 0. The average molecular weight is 327 g/mol. The summed E-state index contributed by atoms with van der Waals surface area (Å²) < 4.78 is 20.1. The van der Waals surface area contributed by atoms with Crippen LogP contribution in [0, 0.1) is 5.82 Å². The molecule has 0 amide bonds. The molecule has 19 heavy (non-hydrogen) atoms. The SMILES string of the molecule is CC(C)NCCc1ncc(-c2cc(Br)ccc2F)o1. The normalized spacial score (nSPS) is 11.2. The van der Waals surface area contributed by atoms with Crippen LogP contribution < -0.4 is 5.32 Å². The second-order valence-electron chi connectivity index (χ2n) is 4.60. The van der Waals surface area contributed by atoms with Gasteiger partial charge in [-0.05, 0) is 18.2 Å². The quantitative estimate of drug-likeness (QED) is 0.908. The minimum absolute atomic E-state index is 0.314. The Hall–Kier alpha value is -1.20. The molecule has 1 aromatic carbocycles. The van der Waals surface area contributed by atoms with Crippen molar-refractivity contribution in [3.05, 3.63) is 40.6 Å².